The average molecular weight is 328 g/mol. The number of fused-ring (bicyclic) bond motifs is 2. The molecule has 1 heterocycles. The lowest BCUT2D eigenvalue weighted by Crippen LogP contribution is -2.11. The third-order valence-electron chi connectivity index (χ3n) is 4.59. The summed E-state index contributed by atoms with van der Waals surface area (Å²) in [5.41, 5.74) is 3.31. The number of carbonyl (C=O) groups excluding carboxylic acids is 1. The molecule has 124 valence electrons. The van der Waals surface area contributed by atoms with Crippen molar-refractivity contribution in [2.45, 2.75) is 19.3 Å². The van der Waals surface area contributed by atoms with Gasteiger partial charge in [-0.25, -0.2) is 0 Å². The highest BCUT2D eigenvalue weighted by Crippen LogP contribution is 2.23. The van der Waals surface area contributed by atoms with Gasteiger partial charge in [0, 0.05) is 34.6 Å². The van der Waals surface area contributed by atoms with Crippen LogP contribution in [0.1, 0.15) is 18.4 Å². The number of amides is 1. The molecule has 0 unspecified atom stereocenters. The standard InChI is InChI=1S/C22H20N2O/c25-22(24-21-13-5-8-16-7-1-2-10-18(16)21)14-6-9-17-15-23-20-12-4-3-11-19(17)20/h1-5,7-8,10-13,15,23H,6,9,14H2,(H,24,25). The molecule has 0 bridgehead atoms. The molecule has 0 saturated carbocycles. The molecule has 0 atom stereocenters. The van der Waals surface area contributed by atoms with Crippen molar-refractivity contribution >= 4 is 33.3 Å². The fraction of sp³-hybridized carbons (Fsp3) is 0.136. The molecule has 4 aromatic rings. The Kier molecular flexibility index (Phi) is 4.21. The first-order valence-corrected chi connectivity index (χ1v) is 8.64. The molecule has 3 nitrogen and oxygen atoms in total. The number of aryl methyl sites for hydroxylation is 1. The molecule has 0 spiro atoms. The van der Waals surface area contributed by atoms with Crippen LogP contribution >= 0.6 is 0 Å². The van der Waals surface area contributed by atoms with Crippen molar-refractivity contribution in [3.8, 4) is 0 Å². The normalized spacial score (nSPS) is 11.0. The zero-order valence-corrected chi connectivity index (χ0v) is 14.0. The quantitative estimate of drug-likeness (QED) is 0.514. The van der Waals surface area contributed by atoms with Crippen LogP contribution in [-0.2, 0) is 11.2 Å². The molecule has 3 aromatic carbocycles. The van der Waals surface area contributed by atoms with Gasteiger partial charge in [-0.15, -0.1) is 0 Å². The van der Waals surface area contributed by atoms with Crippen LogP contribution in [0, 0.1) is 0 Å². The number of H-pyrrole nitrogens is 1. The van der Waals surface area contributed by atoms with Crippen LogP contribution in [0.3, 0.4) is 0 Å². The van der Waals surface area contributed by atoms with Gasteiger partial charge in [0.2, 0.25) is 5.91 Å². The number of anilines is 1. The number of nitrogens with one attached hydrogen (secondary N) is 2. The zero-order chi connectivity index (χ0) is 17.1. The maximum Gasteiger partial charge on any atom is 0.224 e. The topological polar surface area (TPSA) is 44.9 Å². The summed E-state index contributed by atoms with van der Waals surface area (Å²) in [7, 11) is 0. The van der Waals surface area contributed by atoms with Crippen LogP contribution in [0.2, 0.25) is 0 Å². The molecular formula is C22H20N2O. The summed E-state index contributed by atoms with van der Waals surface area (Å²) in [6, 6.07) is 22.4. The van der Waals surface area contributed by atoms with Crippen molar-refractivity contribution in [2.24, 2.45) is 0 Å². The second-order valence-electron chi connectivity index (χ2n) is 6.29. The van der Waals surface area contributed by atoms with Gasteiger partial charge < -0.3 is 10.3 Å². The van der Waals surface area contributed by atoms with Crippen molar-refractivity contribution < 1.29 is 4.79 Å². The molecule has 0 aliphatic carbocycles. The van der Waals surface area contributed by atoms with E-state index in [1.807, 2.05) is 48.7 Å². The lowest BCUT2D eigenvalue weighted by molar-refractivity contribution is -0.116. The van der Waals surface area contributed by atoms with Gasteiger partial charge in [0.05, 0.1) is 0 Å². The molecular weight excluding hydrogens is 308 g/mol. The number of rotatable bonds is 5. The van der Waals surface area contributed by atoms with Gasteiger partial charge in [0.15, 0.2) is 0 Å². The van der Waals surface area contributed by atoms with Crippen molar-refractivity contribution in [2.75, 3.05) is 5.32 Å². The number of para-hydroxylation sites is 1. The Morgan fingerprint density at radius 2 is 1.64 bits per heavy atom. The minimum Gasteiger partial charge on any atom is -0.361 e. The summed E-state index contributed by atoms with van der Waals surface area (Å²) in [6.07, 6.45) is 4.29. The zero-order valence-electron chi connectivity index (χ0n) is 14.0. The van der Waals surface area contributed by atoms with E-state index < -0.39 is 0 Å². The molecule has 0 radical (unpaired) electrons. The average Bonchev–Trinajstić information content (AvgIpc) is 3.05. The number of hydrogen-bond donors (Lipinski definition) is 2. The molecule has 2 N–H and O–H groups in total. The van der Waals surface area contributed by atoms with E-state index in [0.29, 0.717) is 6.42 Å². The first-order chi connectivity index (χ1) is 12.3. The highest BCUT2D eigenvalue weighted by molar-refractivity contribution is 6.02. The Labute approximate surface area is 146 Å². The predicted octanol–water partition coefficient (Wildman–Crippen LogP) is 5.28. The van der Waals surface area contributed by atoms with E-state index in [9.17, 15) is 4.79 Å². The van der Waals surface area contributed by atoms with Crippen LogP contribution in [-0.4, -0.2) is 10.9 Å². The molecule has 0 fully saturated rings. The highest BCUT2D eigenvalue weighted by Gasteiger charge is 2.07. The lowest BCUT2D eigenvalue weighted by atomic mass is 10.1. The number of aromatic nitrogens is 1. The van der Waals surface area contributed by atoms with Gasteiger partial charge in [-0.1, -0.05) is 54.6 Å². The van der Waals surface area contributed by atoms with Crippen molar-refractivity contribution in [1.29, 1.82) is 0 Å². The van der Waals surface area contributed by atoms with Crippen molar-refractivity contribution in [1.82, 2.24) is 4.98 Å². The molecule has 0 aliphatic heterocycles. The summed E-state index contributed by atoms with van der Waals surface area (Å²) in [4.78, 5) is 15.6. The van der Waals surface area contributed by atoms with Crippen molar-refractivity contribution in [3.05, 3.63) is 78.5 Å². The van der Waals surface area contributed by atoms with Gasteiger partial charge in [0.1, 0.15) is 0 Å². The molecule has 1 aromatic heterocycles. The summed E-state index contributed by atoms with van der Waals surface area (Å²) < 4.78 is 0. The largest absolute Gasteiger partial charge is 0.361 e. The van der Waals surface area contributed by atoms with E-state index in [1.165, 1.54) is 10.9 Å². The summed E-state index contributed by atoms with van der Waals surface area (Å²) in [6.45, 7) is 0. The lowest BCUT2D eigenvalue weighted by Gasteiger charge is -2.08. The molecule has 3 heteroatoms. The molecule has 4 rings (SSSR count). The first-order valence-electron chi connectivity index (χ1n) is 8.64. The number of carbonyl (C=O) groups is 1. The van der Waals surface area contributed by atoms with Crippen LogP contribution in [0.25, 0.3) is 21.7 Å². The Morgan fingerprint density at radius 3 is 2.56 bits per heavy atom. The summed E-state index contributed by atoms with van der Waals surface area (Å²) in [5.74, 6) is 0.0659. The van der Waals surface area contributed by atoms with Crippen LogP contribution in [0.4, 0.5) is 5.69 Å². The Bertz CT molecular complexity index is 1030. The van der Waals surface area contributed by atoms with Gasteiger partial charge in [-0.2, -0.15) is 0 Å². The minimum atomic E-state index is 0.0659. The van der Waals surface area contributed by atoms with Gasteiger partial charge >= 0.3 is 0 Å². The minimum absolute atomic E-state index is 0.0659. The van der Waals surface area contributed by atoms with E-state index in [0.717, 1.165) is 34.8 Å². The predicted molar refractivity (Wildman–Crippen MR) is 104 cm³/mol. The van der Waals surface area contributed by atoms with E-state index >= 15 is 0 Å². The van der Waals surface area contributed by atoms with Gasteiger partial charge in [-0.05, 0) is 35.9 Å². The maximum atomic E-state index is 12.3. The van der Waals surface area contributed by atoms with E-state index in [-0.39, 0.29) is 5.91 Å². The number of aromatic amines is 1. The Balaban J connectivity index is 1.39. The third-order valence-corrected chi connectivity index (χ3v) is 4.59. The maximum absolute atomic E-state index is 12.3. The van der Waals surface area contributed by atoms with Gasteiger partial charge in [-0.3, -0.25) is 4.79 Å². The van der Waals surface area contributed by atoms with E-state index in [2.05, 4.69) is 34.6 Å². The highest BCUT2D eigenvalue weighted by atomic mass is 16.1. The summed E-state index contributed by atoms with van der Waals surface area (Å²) >= 11 is 0. The first kappa shape index (κ1) is 15.5. The second-order valence-corrected chi connectivity index (χ2v) is 6.29. The van der Waals surface area contributed by atoms with Crippen LogP contribution in [0.15, 0.2) is 72.9 Å². The van der Waals surface area contributed by atoms with Gasteiger partial charge in [0.25, 0.3) is 0 Å². The number of hydrogen-bond acceptors (Lipinski definition) is 1. The second kappa shape index (κ2) is 6.81. The van der Waals surface area contributed by atoms with E-state index in [4.69, 9.17) is 0 Å². The van der Waals surface area contributed by atoms with E-state index in [1.54, 1.807) is 0 Å². The fourth-order valence-electron chi connectivity index (χ4n) is 3.32. The van der Waals surface area contributed by atoms with Crippen LogP contribution < -0.4 is 5.32 Å². The fourth-order valence-corrected chi connectivity index (χ4v) is 3.32. The smallest absolute Gasteiger partial charge is 0.224 e. The third kappa shape index (κ3) is 3.26. The molecule has 1 amide bonds. The summed E-state index contributed by atoms with van der Waals surface area (Å²) in [5, 5.41) is 6.52. The SMILES string of the molecule is O=C(CCCc1c[nH]c2ccccc12)Nc1cccc2ccccc12. The monoisotopic (exact) mass is 328 g/mol. The van der Waals surface area contributed by atoms with Crippen molar-refractivity contribution in [3.63, 3.8) is 0 Å². The Hall–Kier alpha value is -3.07. The molecule has 25 heavy (non-hydrogen) atoms. The number of benzene rings is 3. The Morgan fingerprint density at radius 1 is 0.880 bits per heavy atom. The molecule has 0 aliphatic rings. The molecule has 0 saturated heterocycles. The van der Waals surface area contributed by atoms with Crippen LogP contribution in [0.5, 0.6) is 0 Å².